The van der Waals surface area contributed by atoms with E-state index in [2.05, 4.69) is 4.74 Å². The molecule has 0 aromatic heterocycles. The normalized spacial score (nSPS) is 11.7. The summed E-state index contributed by atoms with van der Waals surface area (Å²) in [5.41, 5.74) is -0.784. The monoisotopic (exact) mass is 394 g/mol. The van der Waals surface area contributed by atoms with Crippen molar-refractivity contribution in [2.75, 3.05) is 0 Å². The first-order chi connectivity index (χ1) is 13.2. The molecule has 0 saturated heterocycles. The van der Waals surface area contributed by atoms with E-state index in [1.165, 1.54) is 49.5 Å². The molecular weight excluding hydrogens is 381 g/mol. The largest absolute Gasteiger partial charge is 0.479 e. The predicted octanol–water partition coefficient (Wildman–Crippen LogP) is 4.00. The number of benzene rings is 2. The second-order valence-corrected chi connectivity index (χ2v) is 5.30. The first-order valence-corrected chi connectivity index (χ1v) is 7.71. The Kier molecular flexibility index (Phi) is 6.44. The molecule has 146 valence electrons. The Morgan fingerprint density at radius 3 is 2.00 bits per heavy atom. The van der Waals surface area contributed by atoms with Crippen molar-refractivity contribution in [3.63, 3.8) is 0 Å². The van der Waals surface area contributed by atoms with Gasteiger partial charge in [0.15, 0.2) is 12.3 Å². The summed E-state index contributed by atoms with van der Waals surface area (Å²) in [5, 5.41) is 9.86. The number of carbonyl (C=O) groups is 2. The molecule has 28 heavy (non-hydrogen) atoms. The van der Waals surface area contributed by atoms with Crippen LogP contribution in [0.3, 0.4) is 0 Å². The van der Waals surface area contributed by atoms with Crippen molar-refractivity contribution in [1.29, 1.82) is 5.26 Å². The number of carbonyl (C=O) groups excluding carboxylic acids is 2. The molecular formula is C18H13F3N2O5. The van der Waals surface area contributed by atoms with Gasteiger partial charge in [0.1, 0.15) is 17.2 Å². The second kappa shape index (κ2) is 8.77. The van der Waals surface area contributed by atoms with Crippen LogP contribution in [0.5, 0.6) is 17.2 Å². The summed E-state index contributed by atoms with van der Waals surface area (Å²) in [6.07, 6.45) is -5.47. The van der Waals surface area contributed by atoms with E-state index in [9.17, 15) is 22.8 Å². The molecule has 1 unspecified atom stereocenters. The van der Waals surface area contributed by atoms with Gasteiger partial charge in [-0.3, -0.25) is 0 Å². The third kappa shape index (κ3) is 5.91. The topological polar surface area (TPSA) is 97.7 Å². The van der Waals surface area contributed by atoms with Gasteiger partial charge < -0.3 is 14.2 Å². The Morgan fingerprint density at radius 2 is 1.50 bits per heavy atom. The van der Waals surface area contributed by atoms with Crippen LogP contribution in [0, 0.1) is 11.5 Å². The maximum absolute atomic E-state index is 12.5. The van der Waals surface area contributed by atoms with Crippen LogP contribution in [0.2, 0.25) is 0 Å². The first kappa shape index (κ1) is 20.6. The minimum absolute atomic E-state index is 0.210. The van der Waals surface area contributed by atoms with Crippen molar-refractivity contribution in [2.24, 2.45) is 0 Å². The third-order valence-corrected chi connectivity index (χ3v) is 3.24. The van der Waals surface area contributed by atoms with Crippen molar-refractivity contribution in [1.82, 2.24) is 5.32 Å². The van der Waals surface area contributed by atoms with Crippen molar-refractivity contribution < 1.29 is 37.0 Å². The zero-order chi connectivity index (χ0) is 20.7. The number of halogens is 3. The lowest BCUT2D eigenvalue weighted by atomic mass is 10.2. The van der Waals surface area contributed by atoms with Crippen LogP contribution in [-0.4, -0.2) is 18.2 Å². The molecule has 1 atom stereocenters. The maximum Gasteiger partial charge on any atom is 0.428 e. The molecule has 0 bridgehead atoms. The van der Waals surface area contributed by atoms with Gasteiger partial charge in [0.25, 0.3) is 0 Å². The van der Waals surface area contributed by atoms with Crippen LogP contribution < -0.4 is 14.8 Å². The number of nitriles is 1. The minimum atomic E-state index is -4.43. The van der Waals surface area contributed by atoms with Gasteiger partial charge in [-0.2, -0.15) is 18.4 Å². The number of alkyl carbamates (subject to hydrolysis) is 1. The van der Waals surface area contributed by atoms with E-state index in [-0.39, 0.29) is 11.5 Å². The SMILES string of the molecule is CC(Oc1ccc(Oc2ccc(C(F)(F)F)cc2)cc1)C(=O)OC(=O)NC#N. The Morgan fingerprint density at radius 1 is 1.00 bits per heavy atom. The molecule has 1 N–H and O–H groups in total. The fourth-order valence-electron chi connectivity index (χ4n) is 1.93. The molecule has 0 aliphatic rings. The third-order valence-electron chi connectivity index (χ3n) is 3.24. The standard InChI is InChI=1S/C18H13F3N2O5/c1-11(16(24)28-17(25)23-10-22)26-13-6-8-15(9-7-13)27-14-4-2-12(3-5-14)18(19,20)21/h2-9,11H,1H3,(H,23,25). The van der Waals surface area contributed by atoms with Gasteiger partial charge in [-0.25, -0.2) is 14.9 Å². The summed E-state index contributed by atoms with van der Waals surface area (Å²) in [4.78, 5) is 22.6. The number of hydrogen-bond acceptors (Lipinski definition) is 6. The lowest BCUT2D eigenvalue weighted by molar-refractivity contribution is -0.144. The lowest BCUT2D eigenvalue weighted by Crippen LogP contribution is -2.31. The molecule has 7 nitrogen and oxygen atoms in total. The van der Waals surface area contributed by atoms with Crippen LogP contribution in [0.25, 0.3) is 0 Å². The van der Waals surface area contributed by atoms with E-state index in [4.69, 9.17) is 14.7 Å². The Labute approximate surface area is 157 Å². The number of hydrogen-bond donors (Lipinski definition) is 1. The molecule has 0 fully saturated rings. The maximum atomic E-state index is 12.5. The van der Waals surface area contributed by atoms with Gasteiger partial charge in [0.05, 0.1) is 5.56 Å². The summed E-state index contributed by atoms with van der Waals surface area (Å²) >= 11 is 0. The Balaban J connectivity index is 1.93. The molecule has 0 spiro atoms. The lowest BCUT2D eigenvalue weighted by Gasteiger charge is -2.13. The molecule has 2 aromatic rings. The summed E-state index contributed by atoms with van der Waals surface area (Å²) in [7, 11) is 0. The van der Waals surface area contributed by atoms with E-state index in [0.717, 1.165) is 12.1 Å². The van der Waals surface area contributed by atoms with E-state index < -0.39 is 29.9 Å². The van der Waals surface area contributed by atoms with Gasteiger partial charge in [0.2, 0.25) is 0 Å². The molecule has 2 aromatic carbocycles. The smallest absolute Gasteiger partial charge is 0.428 e. The molecule has 0 saturated carbocycles. The number of amides is 1. The van der Waals surface area contributed by atoms with Gasteiger partial charge >= 0.3 is 18.2 Å². The van der Waals surface area contributed by atoms with E-state index in [1.807, 2.05) is 0 Å². The summed E-state index contributed by atoms with van der Waals surface area (Å²) in [6, 6.07) is 10.1. The van der Waals surface area contributed by atoms with Gasteiger partial charge in [-0.15, -0.1) is 0 Å². The zero-order valence-electron chi connectivity index (χ0n) is 14.3. The minimum Gasteiger partial charge on any atom is -0.479 e. The summed E-state index contributed by atoms with van der Waals surface area (Å²) in [6.45, 7) is 1.34. The number of alkyl halides is 3. The molecule has 0 aliphatic carbocycles. The number of ether oxygens (including phenoxy) is 3. The van der Waals surface area contributed by atoms with Gasteiger partial charge in [-0.05, 0) is 55.5 Å². The Bertz CT molecular complexity index is 874. The average molecular weight is 394 g/mol. The molecule has 0 radical (unpaired) electrons. The first-order valence-electron chi connectivity index (χ1n) is 7.71. The van der Waals surface area contributed by atoms with Crippen LogP contribution in [0.1, 0.15) is 12.5 Å². The fraction of sp³-hybridized carbons (Fsp3) is 0.167. The van der Waals surface area contributed by atoms with Crippen molar-refractivity contribution in [3.05, 3.63) is 54.1 Å². The van der Waals surface area contributed by atoms with Crippen molar-refractivity contribution >= 4 is 12.1 Å². The molecule has 0 aliphatic heterocycles. The van der Waals surface area contributed by atoms with E-state index in [0.29, 0.717) is 5.75 Å². The number of esters is 1. The fourth-order valence-corrected chi connectivity index (χ4v) is 1.93. The van der Waals surface area contributed by atoms with E-state index in [1.54, 1.807) is 5.32 Å². The molecule has 0 heterocycles. The summed E-state index contributed by atoms with van der Waals surface area (Å²) in [5.74, 6) is -0.208. The zero-order valence-corrected chi connectivity index (χ0v) is 14.3. The Hall–Kier alpha value is -3.74. The predicted molar refractivity (Wildman–Crippen MR) is 88.3 cm³/mol. The molecule has 2 rings (SSSR count). The van der Waals surface area contributed by atoms with Crippen LogP contribution in [-0.2, 0) is 15.7 Å². The highest BCUT2D eigenvalue weighted by molar-refractivity contribution is 5.87. The number of rotatable bonds is 5. The quantitative estimate of drug-likeness (QED) is 0.356. The highest BCUT2D eigenvalue weighted by Crippen LogP contribution is 2.31. The highest BCUT2D eigenvalue weighted by Gasteiger charge is 2.30. The second-order valence-electron chi connectivity index (χ2n) is 5.30. The van der Waals surface area contributed by atoms with Crippen LogP contribution >= 0.6 is 0 Å². The van der Waals surface area contributed by atoms with Crippen molar-refractivity contribution in [2.45, 2.75) is 19.2 Å². The number of nitrogens with zero attached hydrogens (tertiary/aromatic N) is 1. The van der Waals surface area contributed by atoms with Crippen molar-refractivity contribution in [3.8, 4) is 23.4 Å². The molecule has 1 amide bonds. The molecule has 10 heteroatoms. The van der Waals surface area contributed by atoms with Gasteiger partial charge in [-0.1, -0.05) is 0 Å². The highest BCUT2D eigenvalue weighted by atomic mass is 19.4. The average Bonchev–Trinajstić information content (AvgIpc) is 2.63. The van der Waals surface area contributed by atoms with Crippen LogP contribution in [0.15, 0.2) is 48.5 Å². The van der Waals surface area contributed by atoms with Crippen LogP contribution in [0.4, 0.5) is 18.0 Å². The summed E-state index contributed by atoms with van der Waals surface area (Å²) < 4.78 is 52.7. The van der Waals surface area contributed by atoms with Gasteiger partial charge in [0, 0.05) is 0 Å². The number of nitrogens with one attached hydrogen (secondary N) is 1. The van der Waals surface area contributed by atoms with E-state index >= 15 is 0 Å².